The second-order valence-corrected chi connectivity index (χ2v) is 3.38. The molecule has 0 bridgehead atoms. The van der Waals surface area contributed by atoms with Gasteiger partial charge in [-0.3, -0.25) is 0 Å². The quantitative estimate of drug-likeness (QED) is 0.713. The molecular formula is C9H8BrFO2. The highest BCUT2D eigenvalue weighted by Crippen LogP contribution is 2.21. The van der Waals surface area contributed by atoms with Crippen molar-refractivity contribution >= 4 is 21.9 Å². The molecule has 0 saturated carbocycles. The molecule has 0 N–H and O–H groups in total. The van der Waals surface area contributed by atoms with Gasteiger partial charge in [0.05, 0.1) is 12.7 Å². The van der Waals surface area contributed by atoms with Crippen LogP contribution in [-0.4, -0.2) is 13.1 Å². The van der Waals surface area contributed by atoms with E-state index in [1.165, 1.54) is 13.2 Å². The molecular weight excluding hydrogens is 239 g/mol. The van der Waals surface area contributed by atoms with Gasteiger partial charge in [-0.05, 0) is 24.6 Å². The van der Waals surface area contributed by atoms with Gasteiger partial charge in [0.2, 0.25) is 0 Å². The zero-order valence-corrected chi connectivity index (χ0v) is 8.81. The van der Waals surface area contributed by atoms with Crippen LogP contribution in [0.1, 0.15) is 15.9 Å². The zero-order valence-electron chi connectivity index (χ0n) is 7.23. The Morgan fingerprint density at radius 1 is 1.54 bits per heavy atom. The van der Waals surface area contributed by atoms with Gasteiger partial charge in [0.15, 0.2) is 0 Å². The predicted octanol–water partition coefficient (Wildman–Crippen LogP) is 2.68. The number of hydrogen-bond acceptors (Lipinski definition) is 2. The third-order valence-electron chi connectivity index (χ3n) is 1.73. The minimum atomic E-state index is -0.659. The molecule has 0 atom stereocenters. The van der Waals surface area contributed by atoms with Gasteiger partial charge in [0.25, 0.3) is 0 Å². The first-order valence-corrected chi connectivity index (χ1v) is 4.40. The molecule has 1 rings (SSSR count). The summed E-state index contributed by atoms with van der Waals surface area (Å²) in [6.07, 6.45) is 0. The van der Waals surface area contributed by atoms with E-state index in [1.54, 1.807) is 13.0 Å². The van der Waals surface area contributed by atoms with E-state index in [2.05, 4.69) is 20.7 Å². The molecule has 0 fully saturated rings. The fourth-order valence-electron chi connectivity index (χ4n) is 0.929. The highest BCUT2D eigenvalue weighted by atomic mass is 79.9. The normalized spacial score (nSPS) is 9.85. The van der Waals surface area contributed by atoms with Crippen LogP contribution in [0.3, 0.4) is 0 Å². The Bertz CT molecular complexity index is 350. The standard InChI is InChI=1S/C9H8BrFO2/c1-5-7(10)4-3-6(8(5)11)9(12)13-2/h3-4H,1-2H3. The first-order valence-electron chi connectivity index (χ1n) is 3.61. The minimum Gasteiger partial charge on any atom is -0.465 e. The van der Waals surface area contributed by atoms with Crippen LogP contribution in [0.4, 0.5) is 4.39 Å². The molecule has 1 aromatic rings. The molecule has 0 saturated heterocycles. The summed E-state index contributed by atoms with van der Waals surface area (Å²) in [6, 6.07) is 3.00. The first kappa shape index (κ1) is 10.2. The average molecular weight is 247 g/mol. The summed E-state index contributed by atoms with van der Waals surface area (Å²) in [7, 11) is 1.22. The second-order valence-electron chi connectivity index (χ2n) is 2.53. The highest BCUT2D eigenvalue weighted by Gasteiger charge is 2.14. The van der Waals surface area contributed by atoms with Gasteiger partial charge < -0.3 is 4.74 Å². The van der Waals surface area contributed by atoms with Crippen molar-refractivity contribution < 1.29 is 13.9 Å². The number of benzene rings is 1. The lowest BCUT2D eigenvalue weighted by molar-refractivity contribution is 0.0595. The summed E-state index contributed by atoms with van der Waals surface area (Å²) in [5.74, 6) is -1.20. The molecule has 0 aliphatic heterocycles. The van der Waals surface area contributed by atoms with Crippen LogP contribution in [-0.2, 0) is 4.74 Å². The summed E-state index contributed by atoms with van der Waals surface area (Å²) in [5, 5.41) is 0. The Kier molecular flexibility index (Phi) is 3.03. The molecule has 0 spiro atoms. The van der Waals surface area contributed by atoms with Gasteiger partial charge in [-0.1, -0.05) is 15.9 Å². The summed E-state index contributed by atoms with van der Waals surface area (Å²) >= 11 is 3.16. The summed E-state index contributed by atoms with van der Waals surface area (Å²) in [4.78, 5) is 11.0. The van der Waals surface area contributed by atoms with Crippen LogP contribution >= 0.6 is 15.9 Å². The van der Waals surface area contributed by atoms with Crippen LogP contribution in [0, 0.1) is 12.7 Å². The lowest BCUT2D eigenvalue weighted by atomic mass is 10.1. The van der Waals surface area contributed by atoms with Gasteiger partial charge in [0, 0.05) is 4.47 Å². The van der Waals surface area contributed by atoms with E-state index < -0.39 is 11.8 Å². The number of rotatable bonds is 1. The lowest BCUT2D eigenvalue weighted by Gasteiger charge is -2.04. The number of ether oxygens (including phenoxy) is 1. The van der Waals surface area contributed by atoms with Gasteiger partial charge in [-0.15, -0.1) is 0 Å². The Morgan fingerprint density at radius 3 is 2.69 bits per heavy atom. The highest BCUT2D eigenvalue weighted by molar-refractivity contribution is 9.10. The molecule has 0 unspecified atom stereocenters. The fraction of sp³-hybridized carbons (Fsp3) is 0.222. The van der Waals surface area contributed by atoms with E-state index in [9.17, 15) is 9.18 Å². The zero-order chi connectivity index (χ0) is 10.0. The van der Waals surface area contributed by atoms with Crippen LogP contribution in [0.5, 0.6) is 0 Å². The summed E-state index contributed by atoms with van der Waals surface area (Å²) < 4.78 is 18.4. The minimum absolute atomic E-state index is 0.0387. The molecule has 70 valence electrons. The van der Waals surface area contributed by atoms with E-state index in [4.69, 9.17) is 0 Å². The molecule has 0 aliphatic carbocycles. The van der Waals surface area contributed by atoms with E-state index in [0.29, 0.717) is 10.0 Å². The van der Waals surface area contributed by atoms with Gasteiger partial charge >= 0.3 is 5.97 Å². The summed E-state index contributed by atoms with van der Waals surface area (Å²) in [6.45, 7) is 1.59. The molecule has 13 heavy (non-hydrogen) atoms. The molecule has 1 aromatic carbocycles. The Morgan fingerprint density at radius 2 is 2.15 bits per heavy atom. The van der Waals surface area contributed by atoms with Gasteiger partial charge in [0.1, 0.15) is 5.82 Å². The van der Waals surface area contributed by atoms with E-state index in [0.717, 1.165) is 0 Å². The van der Waals surface area contributed by atoms with Crippen molar-refractivity contribution in [2.45, 2.75) is 6.92 Å². The van der Waals surface area contributed by atoms with Crippen LogP contribution in [0.2, 0.25) is 0 Å². The molecule has 4 heteroatoms. The third-order valence-corrected chi connectivity index (χ3v) is 2.58. The second kappa shape index (κ2) is 3.87. The van der Waals surface area contributed by atoms with Crippen molar-refractivity contribution in [3.63, 3.8) is 0 Å². The molecule has 2 nitrogen and oxygen atoms in total. The first-order chi connectivity index (χ1) is 6.07. The number of carbonyl (C=O) groups is 1. The Labute approximate surface area is 83.8 Å². The van der Waals surface area contributed by atoms with Crippen molar-refractivity contribution in [2.24, 2.45) is 0 Å². The molecule has 0 aromatic heterocycles. The summed E-state index contributed by atoms with van der Waals surface area (Å²) in [5.41, 5.74) is 0.367. The van der Waals surface area contributed by atoms with Crippen LogP contribution in [0.25, 0.3) is 0 Å². The number of methoxy groups -OCH3 is 1. The number of esters is 1. The Balaban J connectivity index is 3.26. The van der Waals surface area contributed by atoms with Crippen molar-refractivity contribution in [1.29, 1.82) is 0 Å². The van der Waals surface area contributed by atoms with E-state index in [-0.39, 0.29) is 5.56 Å². The molecule has 0 heterocycles. The lowest BCUT2D eigenvalue weighted by Crippen LogP contribution is -2.05. The van der Waals surface area contributed by atoms with Crippen molar-refractivity contribution in [3.8, 4) is 0 Å². The monoisotopic (exact) mass is 246 g/mol. The predicted molar refractivity (Wildman–Crippen MR) is 50.2 cm³/mol. The Hall–Kier alpha value is -0.900. The molecule has 0 radical (unpaired) electrons. The maximum atomic E-state index is 13.4. The molecule has 0 aliphatic rings. The SMILES string of the molecule is COC(=O)c1ccc(Br)c(C)c1F. The number of carbonyl (C=O) groups excluding carboxylic acids is 1. The van der Waals surface area contributed by atoms with Crippen LogP contribution in [0.15, 0.2) is 16.6 Å². The smallest absolute Gasteiger partial charge is 0.340 e. The van der Waals surface area contributed by atoms with Crippen molar-refractivity contribution in [1.82, 2.24) is 0 Å². The maximum Gasteiger partial charge on any atom is 0.340 e. The van der Waals surface area contributed by atoms with Gasteiger partial charge in [-0.25, -0.2) is 9.18 Å². The average Bonchev–Trinajstić information content (AvgIpc) is 2.13. The topological polar surface area (TPSA) is 26.3 Å². The van der Waals surface area contributed by atoms with Crippen LogP contribution < -0.4 is 0 Å². The molecule has 0 amide bonds. The number of hydrogen-bond donors (Lipinski definition) is 0. The largest absolute Gasteiger partial charge is 0.465 e. The third kappa shape index (κ3) is 1.88. The van der Waals surface area contributed by atoms with E-state index in [1.807, 2.05) is 0 Å². The van der Waals surface area contributed by atoms with E-state index >= 15 is 0 Å². The maximum absolute atomic E-state index is 13.4. The number of halogens is 2. The van der Waals surface area contributed by atoms with Gasteiger partial charge in [-0.2, -0.15) is 0 Å². The fourth-order valence-corrected chi connectivity index (χ4v) is 1.24. The van der Waals surface area contributed by atoms with Crippen molar-refractivity contribution in [3.05, 3.63) is 33.5 Å². The van der Waals surface area contributed by atoms with Crippen molar-refractivity contribution in [2.75, 3.05) is 7.11 Å².